The number of thiophene rings is 1. The lowest BCUT2D eigenvalue weighted by Gasteiger charge is -2.39. The van der Waals surface area contributed by atoms with Crippen LogP contribution in [0.3, 0.4) is 0 Å². The van der Waals surface area contributed by atoms with E-state index < -0.39 is 0 Å². The third-order valence-corrected chi connectivity index (χ3v) is 4.53. The fourth-order valence-electron chi connectivity index (χ4n) is 2.55. The van der Waals surface area contributed by atoms with E-state index in [0.717, 1.165) is 30.8 Å². The van der Waals surface area contributed by atoms with Crippen molar-refractivity contribution in [1.29, 1.82) is 0 Å². The lowest BCUT2D eigenvalue weighted by atomic mass is 9.98. The zero-order chi connectivity index (χ0) is 12.5. The van der Waals surface area contributed by atoms with Gasteiger partial charge >= 0.3 is 0 Å². The van der Waals surface area contributed by atoms with E-state index in [2.05, 4.69) is 0 Å². The maximum Gasteiger partial charge on any atom is 0.263 e. The molecule has 2 amide bonds. The molecule has 0 atom stereocenters. The van der Waals surface area contributed by atoms with Gasteiger partial charge in [-0.1, -0.05) is 6.07 Å². The number of amides is 2. The molecule has 0 N–H and O–H groups in total. The second-order valence-corrected chi connectivity index (χ2v) is 5.86. The standard InChI is InChI=1S/C13H16N2O2S/c16-12(14-5-1-2-6-14)10-8-15(9-10)13(17)11-4-3-7-18-11/h3-4,7,10H,1-2,5-6,8-9H2. The summed E-state index contributed by atoms with van der Waals surface area (Å²) >= 11 is 1.46. The molecule has 3 rings (SSSR count). The highest BCUT2D eigenvalue weighted by Gasteiger charge is 2.38. The molecule has 4 nitrogen and oxygen atoms in total. The maximum atomic E-state index is 12.1. The van der Waals surface area contributed by atoms with Gasteiger partial charge in [0.05, 0.1) is 10.8 Å². The number of likely N-dealkylation sites (tertiary alicyclic amines) is 2. The number of hydrogen-bond donors (Lipinski definition) is 0. The van der Waals surface area contributed by atoms with Gasteiger partial charge in [-0.25, -0.2) is 0 Å². The summed E-state index contributed by atoms with van der Waals surface area (Å²) in [6, 6.07) is 3.72. The second-order valence-electron chi connectivity index (χ2n) is 4.92. The Kier molecular flexibility index (Phi) is 3.07. The first-order chi connectivity index (χ1) is 8.75. The van der Waals surface area contributed by atoms with Gasteiger partial charge in [0.2, 0.25) is 5.91 Å². The van der Waals surface area contributed by atoms with Crippen molar-refractivity contribution in [2.45, 2.75) is 12.8 Å². The van der Waals surface area contributed by atoms with Crippen molar-refractivity contribution in [3.63, 3.8) is 0 Å². The van der Waals surface area contributed by atoms with Gasteiger partial charge in [0, 0.05) is 26.2 Å². The van der Waals surface area contributed by atoms with Crippen LogP contribution in [0.1, 0.15) is 22.5 Å². The van der Waals surface area contributed by atoms with Crippen molar-refractivity contribution in [1.82, 2.24) is 9.80 Å². The van der Waals surface area contributed by atoms with E-state index in [0.29, 0.717) is 13.1 Å². The Morgan fingerprint density at radius 3 is 2.50 bits per heavy atom. The van der Waals surface area contributed by atoms with Gasteiger partial charge in [-0.05, 0) is 24.3 Å². The van der Waals surface area contributed by atoms with Gasteiger partial charge in [-0.2, -0.15) is 0 Å². The highest BCUT2D eigenvalue weighted by atomic mass is 32.1. The smallest absolute Gasteiger partial charge is 0.263 e. The van der Waals surface area contributed by atoms with E-state index in [4.69, 9.17) is 0 Å². The van der Waals surface area contributed by atoms with Crippen molar-refractivity contribution < 1.29 is 9.59 Å². The molecule has 0 aliphatic carbocycles. The third-order valence-electron chi connectivity index (χ3n) is 3.67. The summed E-state index contributed by atoms with van der Waals surface area (Å²) in [5, 5.41) is 1.90. The molecule has 1 aromatic heterocycles. The van der Waals surface area contributed by atoms with E-state index in [9.17, 15) is 9.59 Å². The molecule has 0 saturated carbocycles. The van der Waals surface area contributed by atoms with E-state index in [-0.39, 0.29) is 17.7 Å². The van der Waals surface area contributed by atoms with Crippen LogP contribution in [0.25, 0.3) is 0 Å². The minimum atomic E-state index is 0.0343. The van der Waals surface area contributed by atoms with Crippen molar-refractivity contribution in [3.05, 3.63) is 22.4 Å². The number of carbonyl (C=O) groups excluding carboxylic acids is 2. The molecule has 0 bridgehead atoms. The number of hydrogen-bond acceptors (Lipinski definition) is 3. The molecule has 0 radical (unpaired) electrons. The number of carbonyl (C=O) groups is 2. The topological polar surface area (TPSA) is 40.6 Å². The zero-order valence-electron chi connectivity index (χ0n) is 10.2. The van der Waals surface area contributed by atoms with Gasteiger partial charge in [-0.15, -0.1) is 11.3 Å². The highest BCUT2D eigenvalue weighted by Crippen LogP contribution is 2.24. The number of nitrogens with zero attached hydrogens (tertiary/aromatic N) is 2. The summed E-state index contributed by atoms with van der Waals surface area (Å²) in [5.74, 6) is 0.338. The average Bonchev–Trinajstić information content (AvgIpc) is 3.00. The Labute approximate surface area is 110 Å². The van der Waals surface area contributed by atoms with Crippen LogP contribution in [-0.4, -0.2) is 47.8 Å². The number of rotatable bonds is 2. The van der Waals surface area contributed by atoms with Crippen LogP contribution >= 0.6 is 11.3 Å². The molecule has 2 fully saturated rings. The van der Waals surface area contributed by atoms with Gasteiger partial charge in [-0.3, -0.25) is 9.59 Å². The highest BCUT2D eigenvalue weighted by molar-refractivity contribution is 7.12. The van der Waals surface area contributed by atoms with Crippen LogP contribution in [0.5, 0.6) is 0 Å². The summed E-state index contributed by atoms with van der Waals surface area (Å²) in [5.41, 5.74) is 0. The van der Waals surface area contributed by atoms with Crippen LogP contribution in [0.15, 0.2) is 17.5 Å². The SMILES string of the molecule is O=C(c1cccs1)N1CC(C(=O)N2CCCC2)C1. The molecule has 1 aromatic rings. The molecule has 5 heteroatoms. The van der Waals surface area contributed by atoms with Crippen molar-refractivity contribution in [3.8, 4) is 0 Å². The second kappa shape index (κ2) is 4.72. The maximum absolute atomic E-state index is 12.1. The van der Waals surface area contributed by atoms with E-state index in [1.54, 1.807) is 4.90 Å². The van der Waals surface area contributed by atoms with E-state index in [1.807, 2.05) is 22.4 Å². The molecular formula is C13H16N2O2S. The minimum absolute atomic E-state index is 0.0343. The van der Waals surface area contributed by atoms with Gasteiger partial charge in [0.15, 0.2) is 0 Å². The summed E-state index contributed by atoms with van der Waals surface area (Å²) in [6.07, 6.45) is 2.24. The molecular weight excluding hydrogens is 248 g/mol. The zero-order valence-corrected chi connectivity index (χ0v) is 11.0. The molecule has 0 spiro atoms. The summed E-state index contributed by atoms with van der Waals surface area (Å²) in [4.78, 5) is 28.5. The van der Waals surface area contributed by atoms with Crippen LogP contribution in [0.4, 0.5) is 0 Å². The van der Waals surface area contributed by atoms with Crippen LogP contribution < -0.4 is 0 Å². The lowest BCUT2D eigenvalue weighted by molar-refractivity contribution is -0.138. The van der Waals surface area contributed by atoms with Crippen LogP contribution in [-0.2, 0) is 4.79 Å². The van der Waals surface area contributed by atoms with E-state index in [1.165, 1.54) is 11.3 Å². The van der Waals surface area contributed by atoms with Crippen molar-refractivity contribution in [2.24, 2.45) is 5.92 Å². The first-order valence-electron chi connectivity index (χ1n) is 6.37. The fraction of sp³-hybridized carbons (Fsp3) is 0.538. The molecule has 0 unspecified atom stereocenters. The Morgan fingerprint density at radius 2 is 1.89 bits per heavy atom. The molecule has 2 saturated heterocycles. The Morgan fingerprint density at radius 1 is 1.17 bits per heavy atom. The predicted octanol–water partition coefficient (Wildman–Crippen LogP) is 1.44. The quantitative estimate of drug-likeness (QED) is 0.811. The van der Waals surface area contributed by atoms with Crippen molar-refractivity contribution >= 4 is 23.2 Å². The molecule has 3 heterocycles. The lowest BCUT2D eigenvalue weighted by Crippen LogP contribution is -2.56. The predicted molar refractivity (Wildman–Crippen MR) is 69.5 cm³/mol. The average molecular weight is 264 g/mol. The van der Waals surface area contributed by atoms with Gasteiger partial charge in [0.25, 0.3) is 5.91 Å². The summed E-state index contributed by atoms with van der Waals surface area (Å²) in [7, 11) is 0. The molecule has 2 aliphatic rings. The normalized spacial score (nSPS) is 20.0. The molecule has 0 aromatic carbocycles. The van der Waals surface area contributed by atoms with Crippen LogP contribution in [0.2, 0.25) is 0 Å². The largest absolute Gasteiger partial charge is 0.342 e. The third kappa shape index (κ3) is 2.03. The molecule has 96 valence electrons. The monoisotopic (exact) mass is 264 g/mol. The Bertz CT molecular complexity index is 446. The van der Waals surface area contributed by atoms with Gasteiger partial charge < -0.3 is 9.80 Å². The molecule has 2 aliphatic heterocycles. The minimum Gasteiger partial charge on any atom is -0.342 e. The van der Waals surface area contributed by atoms with E-state index >= 15 is 0 Å². The first kappa shape index (κ1) is 11.7. The first-order valence-corrected chi connectivity index (χ1v) is 7.25. The Balaban J connectivity index is 1.54. The van der Waals surface area contributed by atoms with Gasteiger partial charge in [0.1, 0.15) is 0 Å². The Hall–Kier alpha value is -1.36. The fourth-order valence-corrected chi connectivity index (χ4v) is 3.24. The molecule has 18 heavy (non-hydrogen) atoms. The van der Waals surface area contributed by atoms with Crippen LogP contribution in [0, 0.1) is 5.92 Å². The summed E-state index contributed by atoms with van der Waals surface area (Å²) < 4.78 is 0. The van der Waals surface area contributed by atoms with Crippen molar-refractivity contribution in [2.75, 3.05) is 26.2 Å². The summed E-state index contributed by atoms with van der Waals surface area (Å²) in [6.45, 7) is 2.97.